The maximum atomic E-state index is 12.4. The smallest absolute Gasteiger partial charge is 0.338 e. The molecular weight excluding hydrogens is 370 g/mol. The number of allylic oxidation sites excluding steroid dienone is 1. The molecule has 1 fully saturated rings. The van der Waals surface area contributed by atoms with Crippen LogP contribution < -0.4 is 4.90 Å². The number of hydrogen-bond acceptors (Lipinski definition) is 6. The number of cyclic esters (lactones) is 1. The molecule has 1 aliphatic heterocycles. The molecular formula is C23H33NO5. The quantitative estimate of drug-likeness (QED) is 0.474. The number of carbonyl (C=O) groups excluding carboxylic acids is 2. The Hall–Kier alpha value is -2.34. The lowest BCUT2D eigenvalue weighted by atomic mass is 9.93. The number of ether oxygens (including phenoxy) is 2. The lowest BCUT2D eigenvalue weighted by molar-refractivity contribution is -0.154. The molecule has 0 amide bonds. The van der Waals surface area contributed by atoms with E-state index in [1.54, 1.807) is 12.1 Å². The number of unbranched alkanes of at least 4 members (excludes halogenated alkanes) is 1. The van der Waals surface area contributed by atoms with E-state index in [4.69, 9.17) is 9.47 Å². The maximum absolute atomic E-state index is 12.4. The molecule has 1 aromatic rings. The lowest BCUT2D eigenvalue weighted by Crippen LogP contribution is -2.39. The monoisotopic (exact) mass is 403 g/mol. The van der Waals surface area contributed by atoms with Gasteiger partial charge in [0.1, 0.15) is 6.61 Å². The number of carbonyl (C=O) groups is 2. The summed E-state index contributed by atoms with van der Waals surface area (Å²) >= 11 is 0. The van der Waals surface area contributed by atoms with Crippen LogP contribution in [0.25, 0.3) is 0 Å². The summed E-state index contributed by atoms with van der Waals surface area (Å²) in [5.41, 5.74) is 0.745. The van der Waals surface area contributed by atoms with Gasteiger partial charge in [0.05, 0.1) is 12.2 Å². The molecule has 160 valence electrons. The molecule has 2 atom stereocenters. The average Bonchev–Trinajstić information content (AvgIpc) is 3.05. The summed E-state index contributed by atoms with van der Waals surface area (Å²) in [6.07, 6.45) is 6.40. The van der Waals surface area contributed by atoms with Gasteiger partial charge in [0, 0.05) is 31.8 Å². The van der Waals surface area contributed by atoms with Gasteiger partial charge in [-0.15, -0.1) is 0 Å². The van der Waals surface area contributed by atoms with E-state index in [1.807, 2.05) is 37.2 Å². The SMILES string of the molecule is CCCCC(/C=C1/CC(CO)(COC(=O)c2ccc(N(C)C)cc2)OC1=O)CC. The van der Waals surface area contributed by atoms with Crippen LogP contribution in [-0.2, 0) is 14.3 Å². The second-order valence-corrected chi connectivity index (χ2v) is 7.93. The molecule has 1 saturated heterocycles. The number of esters is 2. The van der Waals surface area contributed by atoms with Crippen molar-refractivity contribution in [1.29, 1.82) is 0 Å². The molecule has 1 heterocycles. The largest absolute Gasteiger partial charge is 0.458 e. The van der Waals surface area contributed by atoms with E-state index >= 15 is 0 Å². The second-order valence-electron chi connectivity index (χ2n) is 7.93. The molecule has 1 aromatic carbocycles. The van der Waals surface area contributed by atoms with Crippen LogP contribution in [-0.4, -0.2) is 50.0 Å². The van der Waals surface area contributed by atoms with Crippen LogP contribution in [0.4, 0.5) is 5.69 Å². The second kappa shape index (κ2) is 10.4. The molecule has 1 aliphatic rings. The number of benzene rings is 1. The van der Waals surface area contributed by atoms with Crippen LogP contribution in [0, 0.1) is 5.92 Å². The minimum absolute atomic E-state index is 0.174. The molecule has 0 radical (unpaired) electrons. The summed E-state index contributed by atoms with van der Waals surface area (Å²) < 4.78 is 10.8. The molecule has 1 N–H and O–H groups in total. The number of aliphatic hydroxyl groups is 1. The first-order valence-corrected chi connectivity index (χ1v) is 10.3. The number of hydrogen-bond donors (Lipinski definition) is 1. The predicted octanol–water partition coefficient (Wildman–Crippen LogP) is 3.73. The van der Waals surface area contributed by atoms with E-state index in [0.29, 0.717) is 17.1 Å². The molecule has 0 bridgehead atoms. The van der Waals surface area contributed by atoms with Crippen molar-refractivity contribution >= 4 is 17.6 Å². The van der Waals surface area contributed by atoms with Gasteiger partial charge in [-0.25, -0.2) is 9.59 Å². The average molecular weight is 404 g/mol. The minimum atomic E-state index is -1.20. The van der Waals surface area contributed by atoms with E-state index in [1.165, 1.54) is 0 Å². The number of aliphatic hydroxyl groups excluding tert-OH is 1. The highest BCUT2D eigenvalue weighted by atomic mass is 16.6. The highest BCUT2D eigenvalue weighted by Gasteiger charge is 2.44. The molecule has 0 aromatic heterocycles. The molecule has 6 heteroatoms. The van der Waals surface area contributed by atoms with Crippen LogP contribution in [0.1, 0.15) is 56.3 Å². The molecule has 2 unspecified atom stereocenters. The summed E-state index contributed by atoms with van der Waals surface area (Å²) in [5, 5.41) is 9.86. The fourth-order valence-electron chi connectivity index (χ4n) is 3.39. The van der Waals surface area contributed by atoms with Crippen molar-refractivity contribution in [3.63, 3.8) is 0 Å². The van der Waals surface area contributed by atoms with Gasteiger partial charge in [-0.1, -0.05) is 32.8 Å². The predicted molar refractivity (Wildman–Crippen MR) is 113 cm³/mol. The Morgan fingerprint density at radius 1 is 1.31 bits per heavy atom. The van der Waals surface area contributed by atoms with E-state index in [9.17, 15) is 14.7 Å². The topological polar surface area (TPSA) is 76.1 Å². The summed E-state index contributed by atoms with van der Waals surface area (Å²) in [6.45, 7) is 3.67. The van der Waals surface area contributed by atoms with Gasteiger partial charge in [0.25, 0.3) is 0 Å². The molecule has 29 heavy (non-hydrogen) atoms. The van der Waals surface area contributed by atoms with Crippen molar-refractivity contribution in [1.82, 2.24) is 0 Å². The zero-order chi connectivity index (χ0) is 21.4. The third-order valence-corrected chi connectivity index (χ3v) is 5.35. The van der Waals surface area contributed by atoms with Gasteiger partial charge in [-0.05, 0) is 43.0 Å². The van der Waals surface area contributed by atoms with Gasteiger partial charge in [-0.3, -0.25) is 0 Å². The van der Waals surface area contributed by atoms with Crippen LogP contribution in [0.5, 0.6) is 0 Å². The van der Waals surface area contributed by atoms with Crippen molar-refractivity contribution in [2.75, 3.05) is 32.2 Å². The standard InChI is InChI=1S/C23H33NO5/c1-5-7-8-17(6-2)13-19-14-23(15-25,29-22(19)27)16-28-21(26)18-9-11-20(12-10-18)24(3)4/h9-13,17,25H,5-8,14-16H2,1-4H3/b19-13-. The highest BCUT2D eigenvalue weighted by molar-refractivity contribution is 5.92. The van der Waals surface area contributed by atoms with Crippen molar-refractivity contribution in [2.45, 2.75) is 51.6 Å². The van der Waals surface area contributed by atoms with E-state index in [-0.39, 0.29) is 13.0 Å². The molecule has 0 aliphatic carbocycles. The third-order valence-electron chi connectivity index (χ3n) is 5.35. The first-order valence-electron chi connectivity index (χ1n) is 10.3. The van der Waals surface area contributed by atoms with Gasteiger partial charge >= 0.3 is 11.9 Å². The Bertz CT molecular complexity index is 725. The van der Waals surface area contributed by atoms with E-state index < -0.39 is 24.1 Å². The van der Waals surface area contributed by atoms with E-state index in [0.717, 1.165) is 31.4 Å². The number of anilines is 1. The van der Waals surface area contributed by atoms with Crippen LogP contribution >= 0.6 is 0 Å². The Morgan fingerprint density at radius 2 is 2.00 bits per heavy atom. The molecule has 0 saturated carbocycles. The zero-order valence-electron chi connectivity index (χ0n) is 17.9. The fourth-order valence-corrected chi connectivity index (χ4v) is 3.39. The number of nitrogens with zero attached hydrogens (tertiary/aromatic N) is 1. The van der Waals surface area contributed by atoms with Crippen molar-refractivity contribution in [3.05, 3.63) is 41.5 Å². The fraction of sp³-hybridized carbons (Fsp3) is 0.565. The van der Waals surface area contributed by atoms with Crippen LogP contribution in [0.2, 0.25) is 0 Å². The lowest BCUT2D eigenvalue weighted by Gasteiger charge is -2.24. The van der Waals surface area contributed by atoms with Crippen molar-refractivity contribution in [3.8, 4) is 0 Å². The summed E-state index contributed by atoms with van der Waals surface area (Å²) in [6, 6.07) is 7.04. The summed E-state index contributed by atoms with van der Waals surface area (Å²) in [4.78, 5) is 26.7. The van der Waals surface area contributed by atoms with Gasteiger partial charge in [-0.2, -0.15) is 0 Å². The Kier molecular flexibility index (Phi) is 8.26. The van der Waals surface area contributed by atoms with Crippen molar-refractivity contribution in [2.24, 2.45) is 5.92 Å². The zero-order valence-corrected chi connectivity index (χ0v) is 17.9. The van der Waals surface area contributed by atoms with Gasteiger partial charge < -0.3 is 19.5 Å². The Balaban J connectivity index is 2.02. The Morgan fingerprint density at radius 3 is 2.55 bits per heavy atom. The van der Waals surface area contributed by atoms with Gasteiger partial charge in [0.2, 0.25) is 0 Å². The van der Waals surface area contributed by atoms with Gasteiger partial charge in [0.15, 0.2) is 5.60 Å². The van der Waals surface area contributed by atoms with Crippen LogP contribution in [0.15, 0.2) is 35.9 Å². The molecule has 0 spiro atoms. The normalized spacial score (nSPS) is 21.1. The first kappa shape index (κ1) is 22.9. The first-order chi connectivity index (χ1) is 13.8. The van der Waals surface area contributed by atoms with Crippen LogP contribution in [0.3, 0.4) is 0 Å². The highest BCUT2D eigenvalue weighted by Crippen LogP contribution is 2.33. The summed E-state index contributed by atoms with van der Waals surface area (Å²) in [7, 11) is 3.84. The van der Waals surface area contributed by atoms with E-state index in [2.05, 4.69) is 13.8 Å². The summed E-state index contributed by atoms with van der Waals surface area (Å²) in [5.74, 6) is -0.629. The molecule has 2 rings (SSSR count). The number of rotatable bonds is 10. The van der Waals surface area contributed by atoms with Crippen molar-refractivity contribution < 1.29 is 24.2 Å². The maximum Gasteiger partial charge on any atom is 0.338 e. The minimum Gasteiger partial charge on any atom is -0.458 e. The Labute approximate surface area is 173 Å². The third kappa shape index (κ3) is 6.07. The molecule has 6 nitrogen and oxygen atoms in total.